The molecule has 0 aromatic carbocycles. The number of furan rings is 1. The van der Waals surface area contributed by atoms with Crippen molar-refractivity contribution < 1.29 is 4.42 Å². The third-order valence-electron chi connectivity index (χ3n) is 2.45. The van der Waals surface area contributed by atoms with E-state index in [-0.39, 0.29) is 6.04 Å². The minimum atomic E-state index is -0.118. The van der Waals surface area contributed by atoms with Crippen LogP contribution in [0.3, 0.4) is 0 Å². The molecule has 2 aromatic rings. The molecule has 0 saturated carbocycles. The first-order valence-corrected chi connectivity index (χ1v) is 5.10. The number of imidazole rings is 1. The molecule has 0 aliphatic heterocycles. The molecule has 0 spiro atoms. The average Bonchev–Trinajstić information content (AvgIpc) is 2.87. The molecule has 1 unspecified atom stereocenters. The lowest BCUT2D eigenvalue weighted by atomic mass is 10.1. The van der Waals surface area contributed by atoms with Gasteiger partial charge in [0.2, 0.25) is 0 Å². The molecule has 80 valence electrons. The summed E-state index contributed by atoms with van der Waals surface area (Å²) in [5.74, 6) is 1.81. The Hall–Kier alpha value is -1.55. The van der Waals surface area contributed by atoms with Crippen molar-refractivity contribution in [3.8, 4) is 0 Å². The molecular formula is C11H15N3O. The smallest absolute Gasteiger partial charge is 0.120 e. The van der Waals surface area contributed by atoms with Crippen LogP contribution in [-0.2, 0) is 13.0 Å². The van der Waals surface area contributed by atoms with Gasteiger partial charge in [-0.1, -0.05) is 0 Å². The summed E-state index contributed by atoms with van der Waals surface area (Å²) in [5, 5.41) is 0. The van der Waals surface area contributed by atoms with Crippen LogP contribution in [0.1, 0.15) is 24.6 Å². The number of nitrogens with two attached hydrogens (primary N) is 1. The van der Waals surface area contributed by atoms with Gasteiger partial charge in [-0.15, -0.1) is 0 Å². The fourth-order valence-electron chi connectivity index (χ4n) is 1.62. The van der Waals surface area contributed by atoms with Crippen LogP contribution in [-0.4, -0.2) is 9.55 Å². The zero-order valence-electron chi connectivity index (χ0n) is 8.76. The predicted molar refractivity (Wildman–Crippen MR) is 57.2 cm³/mol. The van der Waals surface area contributed by atoms with Crippen LogP contribution in [0.4, 0.5) is 0 Å². The minimum Gasteiger partial charge on any atom is -0.468 e. The highest BCUT2D eigenvalue weighted by molar-refractivity contribution is 5.07. The Kier molecular flexibility index (Phi) is 2.87. The van der Waals surface area contributed by atoms with E-state index in [4.69, 9.17) is 10.2 Å². The number of aryl methyl sites for hydroxylation is 1. The molecule has 2 rings (SSSR count). The van der Waals surface area contributed by atoms with E-state index in [1.165, 1.54) is 0 Å². The van der Waals surface area contributed by atoms with Gasteiger partial charge in [0, 0.05) is 25.4 Å². The van der Waals surface area contributed by atoms with E-state index < -0.39 is 0 Å². The van der Waals surface area contributed by atoms with Gasteiger partial charge in [-0.3, -0.25) is 0 Å². The molecule has 2 N–H and O–H groups in total. The van der Waals surface area contributed by atoms with E-state index in [0.717, 1.165) is 18.1 Å². The SMILES string of the molecule is CCn1ccnc1CC(N)c1ccco1. The molecule has 4 heteroatoms. The van der Waals surface area contributed by atoms with Crippen LogP contribution < -0.4 is 5.73 Å². The zero-order valence-corrected chi connectivity index (χ0v) is 8.76. The second-order valence-corrected chi connectivity index (χ2v) is 3.46. The number of hydrogen-bond acceptors (Lipinski definition) is 3. The number of nitrogens with zero attached hydrogens (tertiary/aromatic N) is 2. The Morgan fingerprint density at radius 1 is 1.60 bits per heavy atom. The molecule has 0 aliphatic carbocycles. The van der Waals surface area contributed by atoms with Gasteiger partial charge in [-0.25, -0.2) is 4.98 Å². The van der Waals surface area contributed by atoms with Crippen LogP contribution in [0.5, 0.6) is 0 Å². The summed E-state index contributed by atoms with van der Waals surface area (Å²) in [4.78, 5) is 4.28. The van der Waals surface area contributed by atoms with Crippen molar-refractivity contribution >= 4 is 0 Å². The van der Waals surface area contributed by atoms with Crippen LogP contribution in [0.2, 0.25) is 0 Å². The third kappa shape index (κ3) is 2.10. The van der Waals surface area contributed by atoms with E-state index in [9.17, 15) is 0 Å². The molecule has 4 nitrogen and oxygen atoms in total. The molecule has 0 bridgehead atoms. The van der Waals surface area contributed by atoms with Crippen LogP contribution in [0.15, 0.2) is 35.2 Å². The first kappa shape index (κ1) is 9.98. The normalized spacial score (nSPS) is 12.9. The molecular weight excluding hydrogens is 190 g/mol. The Labute approximate surface area is 88.7 Å². The quantitative estimate of drug-likeness (QED) is 0.827. The molecule has 1 atom stereocenters. The monoisotopic (exact) mass is 205 g/mol. The average molecular weight is 205 g/mol. The number of rotatable bonds is 4. The lowest BCUT2D eigenvalue weighted by Gasteiger charge is -2.09. The molecule has 0 radical (unpaired) electrons. The maximum absolute atomic E-state index is 6.01. The second kappa shape index (κ2) is 4.31. The lowest BCUT2D eigenvalue weighted by Crippen LogP contribution is -2.15. The highest BCUT2D eigenvalue weighted by Crippen LogP contribution is 2.15. The molecule has 2 heterocycles. The summed E-state index contributed by atoms with van der Waals surface area (Å²) in [6.45, 7) is 3.00. The fraction of sp³-hybridized carbons (Fsp3) is 0.364. The number of hydrogen-bond donors (Lipinski definition) is 1. The predicted octanol–water partition coefficient (Wildman–Crippen LogP) is 1.74. The van der Waals surface area contributed by atoms with Gasteiger partial charge in [-0.05, 0) is 19.1 Å². The highest BCUT2D eigenvalue weighted by atomic mass is 16.3. The van der Waals surface area contributed by atoms with E-state index in [2.05, 4.69) is 16.5 Å². The molecule has 0 saturated heterocycles. The van der Waals surface area contributed by atoms with Crippen LogP contribution in [0, 0.1) is 0 Å². The fourth-order valence-corrected chi connectivity index (χ4v) is 1.62. The zero-order chi connectivity index (χ0) is 10.7. The van der Waals surface area contributed by atoms with Crippen LogP contribution >= 0.6 is 0 Å². The van der Waals surface area contributed by atoms with E-state index in [1.54, 1.807) is 12.5 Å². The molecule has 2 aromatic heterocycles. The summed E-state index contributed by atoms with van der Waals surface area (Å²) in [7, 11) is 0. The summed E-state index contributed by atoms with van der Waals surface area (Å²) in [6, 6.07) is 3.62. The highest BCUT2D eigenvalue weighted by Gasteiger charge is 2.12. The number of aromatic nitrogens is 2. The maximum Gasteiger partial charge on any atom is 0.120 e. The standard InChI is InChI=1S/C11H15N3O/c1-2-14-6-5-13-11(14)8-9(12)10-4-3-7-15-10/h3-7,9H,2,8,12H2,1H3. The first-order chi connectivity index (χ1) is 7.31. The maximum atomic E-state index is 6.01. The van der Waals surface area contributed by atoms with Gasteiger partial charge < -0.3 is 14.7 Å². The molecule has 0 aliphatic rings. The van der Waals surface area contributed by atoms with Gasteiger partial charge in [0.15, 0.2) is 0 Å². The largest absolute Gasteiger partial charge is 0.468 e. The summed E-state index contributed by atoms with van der Waals surface area (Å²) in [5.41, 5.74) is 6.01. The van der Waals surface area contributed by atoms with E-state index in [1.807, 2.05) is 18.3 Å². The lowest BCUT2D eigenvalue weighted by molar-refractivity contribution is 0.457. The Morgan fingerprint density at radius 3 is 3.13 bits per heavy atom. The first-order valence-electron chi connectivity index (χ1n) is 5.10. The van der Waals surface area contributed by atoms with Crippen molar-refractivity contribution in [1.29, 1.82) is 0 Å². The molecule has 0 fully saturated rings. The van der Waals surface area contributed by atoms with Gasteiger partial charge in [0.1, 0.15) is 11.6 Å². The second-order valence-electron chi connectivity index (χ2n) is 3.46. The van der Waals surface area contributed by atoms with Gasteiger partial charge in [-0.2, -0.15) is 0 Å². The van der Waals surface area contributed by atoms with Crippen molar-refractivity contribution in [2.24, 2.45) is 5.73 Å². The summed E-state index contributed by atoms with van der Waals surface area (Å²) < 4.78 is 7.34. The van der Waals surface area contributed by atoms with Gasteiger partial charge in [0.05, 0.1) is 12.3 Å². The topological polar surface area (TPSA) is 57.0 Å². The van der Waals surface area contributed by atoms with Crippen molar-refractivity contribution in [2.45, 2.75) is 25.9 Å². The summed E-state index contributed by atoms with van der Waals surface area (Å²) in [6.07, 6.45) is 6.10. The van der Waals surface area contributed by atoms with Crippen molar-refractivity contribution in [3.05, 3.63) is 42.4 Å². The third-order valence-corrected chi connectivity index (χ3v) is 2.45. The molecule has 15 heavy (non-hydrogen) atoms. The molecule has 0 amide bonds. The van der Waals surface area contributed by atoms with Crippen molar-refractivity contribution in [2.75, 3.05) is 0 Å². The summed E-state index contributed by atoms with van der Waals surface area (Å²) >= 11 is 0. The Morgan fingerprint density at radius 2 is 2.47 bits per heavy atom. The van der Waals surface area contributed by atoms with Crippen molar-refractivity contribution in [3.63, 3.8) is 0 Å². The van der Waals surface area contributed by atoms with E-state index >= 15 is 0 Å². The Bertz CT molecular complexity index is 405. The van der Waals surface area contributed by atoms with E-state index in [0.29, 0.717) is 6.42 Å². The minimum absolute atomic E-state index is 0.118. The van der Waals surface area contributed by atoms with Crippen LogP contribution in [0.25, 0.3) is 0 Å². The van der Waals surface area contributed by atoms with Gasteiger partial charge >= 0.3 is 0 Å². The van der Waals surface area contributed by atoms with Crippen molar-refractivity contribution in [1.82, 2.24) is 9.55 Å². The van der Waals surface area contributed by atoms with Gasteiger partial charge in [0.25, 0.3) is 0 Å². The Balaban J connectivity index is 2.09.